The minimum absolute atomic E-state index is 0.00280. The van der Waals surface area contributed by atoms with Gasteiger partial charge in [0.15, 0.2) is 0 Å². The Labute approximate surface area is 199 Å². The summed E-state index contributed by atoms with van der Waals surface area (Å²) in [5.74, 6) is 0.496. The zero-order valence-electron chi connectivity index (χ0n) is 18.5. The van der Waals surface area contributed by atoms with Crippen molar-refractivity contribution in [2.45, 2.75) is 31.8 Å². The first-order valence-corrected chi connectivity index (χ1v) is 12.1. The summed E-state index contributed by atoms with van der Waals surface area (Å²) >= 11 is 6.44. The number of sulfonamides is 1. The molecule has 0 fully saturated rings. The Bertz CT molecular complexity index is 1610. The molecular formula is C23H21ClN4O5S. The van der Waals surface area contributed by atoms with E-state index in [4.69, 9.17) is 16.3 Å². The first-order chi connectivity index (χ1) is 16.0. The van der Waals surface area contributed by atoms with E-state index in [0.29, 0.717) is 27.5 Å². The number of nitrogens with zero attached hydrogens (tertiary/aromatic N) is 1. The zero-order chi connectivity index (χ0) is 24.6. The molecule has 0 amide bonds. The molecule has 11 heteroatoms. The van der Waals surface area contributed by atoms with E-state index in [1.54, 1.807) is 31.3 Å². The molecule has 0 atom stereocenters. The van der Waals surface area contributed by atoms with Gasteiger partial charge in [-0.15, -0.1) is 0 Å². The van der Waals surface area contributed by atoms with Gasteiger partial charge in [0, 0.05) is 23.4 Å². The van der Waals surface area contributed by atoms with Crippen LogP contribution in [0.1, 0.15) is 19.4 Å². The Hall–Kier alpha value is -3.63. The fourth-order valence-electron chi connectivity index (χ4n) is 3.42. The van der Waals surface area contributed by atoms with E-state index in [0.717, 1.165) is 5.56 Å². The average molecular weight is 501 g/mol. The highest BCUT2D eigenvalue weighted by Crippen LogP contribution is 2.32. The monoisotopic (exact) mass is 500 g/mol. The van der Waals surface area contributed by atoms with Crippen LogP contribution in [0.15, 0.2) is 63.1 Å². The van der Waals surface area contributed by atoms with Crippen LogP contribution in [0.3, 0.4) is 0 Å². The van der Waals surface area contributed by atoms with Crippen LogP contribution >= 0.6 is 11.6 Å². The van der Waals surface area contributed by atoms with Gasteiger partial charge in [0.1, 0.15) is 0 Å². The van der Waals surface area contributed by atoms with Crippen LogP contribution in [0.4, 0.5) is 5.69 Å². The van der Waals surface area contributed by atoms with Gasteiger partial charge in [-0.25, -0.2) is 13.4 Å². The SMILES string of the molecule is Cc1cc2[nH]c(=O)c(=O)[nH]c2cc1S(=O)(=O)Nc1ccc(-c2ccc(OC(C)C)nc2)c(Cl)c1. The molecule has 0 aliphatic rings. The van der Waals surface area contributed by atoms with E-state index in [-0.39, 0.29) is 22.2 Å². The topological polar surface area (TPSA) is 134 Å². The maximum atomic E-state index is 13.1. The van der Waals surface area contributed by atoms with Gasteiger partial charge in [0.2, 0.25) is 5.88 Å². The van der Waals surface area contributed by atoms with E-state index in [1.165, 1.54) is 18.2 Å². The van der Waals surface area contributed by atoms with Crippen molar-refractivity contribution in [2.24, 2.45) is 0 Å². The highest BCUT2D eigenvalue weighted by atomic mass is 35.5. The molecule has 0 radical (unpaired) electrons. The number of fused-ring (bicyclic) bond motifs is 1. The molecule has 0 aliphatic heterocycles. The number of halogens is 1. The predicted octanol–water partition coefficient (Wildman–Crippen LogP) is 3.83. The molecule has 4 rings (SSSR count). The first-order valence-electron chi connectivity index (χ1n) is 10.3. The summed E-state index contributed by atoms with van der Waals surface area (Å²) in [5, 5.41) is 0.330. The Morgan fingerprint density at radius 2 is 1.68 bits per heavy atom. The van der Waals surface area contributed by atoms with E-state index in [2.05, 4.69) is 19.7 Å². The van der Waals surface area contributed by atoms with Crippen molar-refractivity contribution in [2.75, 3.05) is 4.72 Å². The van der Waals surface area contributed by atoms with Gasteiger partial charge in [-0.2, -0.15) is 0 Å². The molecular weight excluding hydrogens is 480 g/mol. The number of pyridine rings is 1. The normalized spacial score (nSPS) is 11.7. The standard InChI is InChI=1S/C23H21ClN4O5S/c1-12(2)33-21-7-4-14(11-25-21)16-6-5-15(9-17(16)24)28-34(31,32)20-10-19-18(8-13(20)3)26-22(29)23(30)27-19/h4-12,28H,1-3H3,(H,26,29)(H,27,30). The molecule has 2 aromatic heterocycles. The van der Waals surface area contributed by atoms with Crippen LogP contribution in [-0.2, 0) is 10.0 Å². The van der Waals surface area contributed by atoms with Gasteiger partial charge in [-0.05, 0) is 56.7 Å². The molecule has 0 spiro atoms. The van der Waals surface area contributed by atoms with Crippen molar-refractivity contribution in [3.8, 4) is 17.0 Å². The smallest absolute Gasteiger partial charge is 0.314 e. The molecule has 0 bridgehead atoms. The van der Waals surface area contributed by atoms with Gasteiger partial charge in [0.05, 0.1) is 32.7 Å². The Balaban J connectivity index is 1.63. The van der Waals surface area contributed by atoms with Crippen molar-refractivity contribution >= 4 is 38.3 Å². The fraction of sp³-hybridized carbons (Fsp3) is 0.174. The van der Waals surface area contributed by atoms with Crippen molar-refractivity contribution < 1.29 is 13.2 Å². The molecule has 0 aliphatic carbocycles. The lowest BCUT2D eigenvalue weighted by Gasteiger charge is -2.13. The van der Waals surface area contributed by atoms with Gasteiger partial charge < -0.3 is 14.7 Å². The summed E-state index contributed by atoms with van der Waals surface area (Å²) in [5.41, 5.74) is 0.917. The second kappa shape index (κ2) is 8.96. The third-order valence-corrected chi connectivity index (χ3v) is 6.77. The first kappa shape index (κ1) is 23.5. The van der Waals surface area contributed by atoms with Gasteiger partial charge in [0.25, 0.3) is 10.0 Å². The second-order valence-corrected chi connectivity index (χ2v) is 9.98. The van der Waals surface area contributed by atoms with Crippen LogP contribution in [-0.4, -0.2) is 29.5 Å². The quantitative estimate of drug-likeness (QED) is 0.344. The summed E-state index contributed by atoms with van der Waals surface area (Å²) in [6, 6.07) is 11.1. The average Bonchev–Trinajstić information content (AvgIpc) is 2.75. The van der Waals surface area contributed by atoms with Crippen LogP contribution in [0.25, 0.3) is 22.2 Å². The fourth-order valence-corrected chi connectivity index (χ4v) is 5.01. The predicted molar refractivity (Wildman–Crippen MR) is 131 cm³/mol. The number of aromatic amines is 2. The molecule has 2 aromatic carbocycles. The lowest BCUT2D eigenvalue weighted by atomic mass is 10.1. The molecule has 0 unspecified atom stereocenters. The lowest BCUT2D eigenvalue weighted by Crippen LogP contribution is -2.29. The molecule has 9 nitrogen and oxygen atoms in total. The van der Waals surface area contributed by atoms with Crippen LogP contribution < -0.4 is 20.6 Å². The summed E-state index contributed by atoms with van der Waals surface area (Å²) in [7, 11) is -4.02. The number of hydrogen-bond acceptors (Lipinski definition) is 6. The van der Waals surface area contributed by atoms with E-state index < -0.39 is 21.1 Å². The number of anilines is 1. The van der Waals surface area contributed by atoms with Crippen molar-refractivity contribution in [3.05, 3.63) is 80.0 Å². The minimum Gasteiger partial charge on any atom is -0.475 e. The molecule has 0 saturated carbocycles. The van der Waals surface area contributed by atoms with Crippen LogP contribution in [0.2, 0.25) is 5.02 Å². The van der Waals surface area contributed by atoms with Crippen molar-refractivity contribution in [1.29, 1.82) is 0 Å². The molecule has 2 heterocycles. The number of rotatable bonds is 6. The molecule has 34 heavy (non-hydrogen) atoms. The number of aryl methyl sites for hydroxylation is 1. The van der Waals surface area contributed by atoms with Crippen molar-refractivity contribution in [3.63, 3.8) is 0 Å². The zero-order valence-corrected chi connectivity index (χ0v) is 20.0. The highest BCUT2D eigenvalue weighted by Gasteiger charge is 2.19. The maximum absolute atomic E-state index is 13.1. The summed E-state index contributed by atoms with van der Waals surface area (Å²) in [4.78, 5) is 32.2. The summed E-state index contributed by atoms with van der Waals surface area (Å²) in [6.07, 6.45) is 1.63. The molecule has 0 saturated heterocycles. The maximum Gasteiger partial charge on any atom is 0.314 e. The van der Waals surface area contributed by atoms with E-state index >= 15 is 0 Å². The molecule has 176 valence electrons. The van der Waals surface area contributed by atoms with E-state index in [9.17, 15) is 18.0 Å². The summed E-state index contributed by atoms with van der Waals surface area (Å²) in [6.45, 7) is 5.41. The van der Waals surface area contributed by atoms with Crippen LogP contribution in [0, 0.1) is 6.92 Å². The highest BCUT2D eigenvalue weighted by molar-refractivity contribution is 7.92. The largest absolute Gasteiger partial charge is 0.475 e. The van der Waals surface area contributed by atoms with E-state index in [1.807, 2.05) is 19.9 Å². The lowest BCUT2D eigenvalue weighted by molar-refractivity contribution is 0.232. The molecule has 3 N–H and O–H groups in total. The number of hydrogen-bond donors (Lipinski definition) is 3. The molecule has 4 aromatic rings. The van der Waals surface area contributed by atoms with Gasteiger partial charge in [-0.3, -0.25) is 14.3 Å². The number of H-pyrrole nitrogens is 2. The number of ether oxygens (including phenoxy) is 1. The number of nitrogens with one attached hydrogen (secondary N) is 3. The van der Waals surface area contributed by atoms with Crippen LogP contribution in [0.5, 0.6) is 5.88 Å². The number of aromatic nitrogens is 3. The van der Waals surface area contributed by atoms with Gasteiger partial charge in [-0.1, -0.05) is 17.7 Å². The third kappa shape index (κ3) is 4.82. The van der Waals surface area contributed by atoms with Crippen molar-refractivity contribution in [1.82, 2.24) is 15.0 Å². The Kier molecular flexibility index (Phi) is 6.20. The Morgan fingerprint density at radius 3 is 2.26 bits per heavy atom. The third-order valence-electron chi connectivity index (χ3n) is 4.93. The second-order valence-electron chi connectivity index (χ2n) is 7.92. The minimum atomic E-state index is -4.02. The number of benzene rings is 2. The van der Waals surface area contributed by atoms with Gasteiger partial charge >= 0.3 is 11.1 Å². The Morgan fingerprint density at radius 1 is 1.00 bits per heavy atom. The summed E-state index contributed by atoms with van der Waals surface area (Å²) < 4.78 is 34.2.